The number of carbonyl (C=O) groups is 1. The van der Waals surface area contributed by atoms with Crippen LogP contribution in [0.5, 0.6) is 0 Å². The van der Waals surface area contributed by atoms with E-state index in [0.29, 0.717) is 44.4 Å². The number of hydrogen-bond donors (Lipinski definition) is 0. The molecule has 1 aliphatic heterocycles. The van der Waals surface area contributed by atoms with Gasteiger partial charge in [0.2, 0.25) is 0 Å². The normalized spacial score (nSPS) is 16.0. The molecule has 0 aliphatic carbocycles. The first-order chi connectivity index (χ1) is 10.6. The molecule has 1 aromatic rings. The van der Waals surface area contributed by atoms with Crippen molar-refractivity contribution in [3.05, 3.63) is 34.6 Å². The van der Waals surface area contributed by atoms with E-state index in [1.54, 1.807) is 12.0 Å². The van der Waals surface area contributed by atoms with Gasteiger partial charge in [-0.15, -0.1) is 0 Å². The van der Waals surface area contributed by atoms with Gasteiger partial charge in [0, 0.05) is 26.8 Å². The van der Waals surface area contributed by atoms with Gasteiger partial charge in [-0.25, -0.2) is 4.39 Å². The van der Waals surface area contributed by atoms with Crippen molar-refractivity contribution in [3.8, 4) is 0 Å². The van der Waals surface area contributed by atoms with Crippen LogP contribution in [0.4, 0.5) is 4.39 Å². The predicted octanol–water partition coefficient (Wildman–Crippen LogP) is 2.99. The van der Waals surface area contributed by atoms with E-state index in [0.717, 1.165) is 12.8 Å². The summed E-state index contributed by atoms with van der Waals surface area (Å²) >= 11 is 5.95. The van der Waals surface area contributed by atoms with Crippen molar-refractivity contribution in [3.63, 3.8) is 0 Å². The first-order valence-corrected chi connectivity index (χ1v) is 7.80. The number of methoxy groups -OCH3 is 1. The van der Waals surface area contributed by atoms with Crippen molar-refractivity contribution in [1.29, 1.82) is 0 Å². The van der Waals surface area contributed by atoms with E-state index in [1.807, 2.05) is 0 Å². The molecule has 6 heteroatoms. The number of carbonyl (C=O) groups excluding carboxylic acids is 1. The summed E-state index contributed by atoms with van der Waals surface area (Å²) in [5.74, 6) is -0.109. The predicted molar refractivity (Wildman–Crippen MR) is 82.7 cm³/mol. The van der Waals surface area contributed by atoms with Crippen LogP contribution in [0.3, 0.4) is 0 Å². The minimum absolute atomic E-state index is 0.135. The largest absolute Gasteiger partial charge is 0.382 e. The zero-order chi connectivity index (χ0) is 15.9. The van der Waals surface area contributed by atoms with E-state index in [2.05, 4.69) is 0 Å². The lowest BCUT2D eigenvalue weighted by atomic mass is 9.97. The quantitative estimate of drug-likeness (QED) is 0.753. The Morgan fingerprint density at radius 3 is 2.73 bits per heavy atom. The molecular formula is C16H21ClFNO3. The molecule has 122 valence electrons. The minimum Gasteiger partial charge on any atom is -0.382 e. The first kappa shape index (κ1) is 17.2. The maximum atomic E-state index is 13.0. The molecule has 2 rings (SSSR count). The molecule has 0 spiro atoms. The second kappa shape index (κ2) is 8.46. The van der Waals surface area contributed by atoms with Gasteiger partial charge in [0.1, 0.15) is 5.82 Å². The lowest BCUT2D eigenvalue weighted by molar-refractivity contribution is 0.0327. The first-order valence-electron chi connectivity index (χ1n) is 7.43. The van der Waals surface area contributed by atoms with Crippen LogP contribution < -0.4 is 0 Å². The summed E-state index contributed by atoms with van der Waals surface area (Å²) < 4.78 is 23.5. The van der Waals surface area contributed by atoms with E-state index in [4.69, 9.17) is 21.1 Å². The van der Waals surface area contributed by atoms with Gasteiger partial charge in [0.25, 0.3) is 5.91 Å². The maximum Gasteiger partial charge on any atom is 0.255 e. The number of nitrogens with zero attached hydrogens (tertiary/aromatic N) is 1. The van der Waals surface area contributed by atoms with Gasteiger partial charge in [0.05, 0.1) is 23.8 Å². The fourth-order valence-corrected chi connectivity index (χ4v) is 2.78. The standard InChI is InChI=1S/C16H21ClFNO3/c1-21-8-9-22-11-12-4-6-19(7-5-12)16(20)14-3-2-13(18)10-15(14)17/h2-3,10,12H,4-9,11H2,1H3. The minimum atomic E-state index is -0.437. The highest BCUT2D eigenvalue weighted by Crippen LogP contribution is 2.23. The third-order valence-electron chi connectivity index (χ3n) is 3.85. The number of benzene rings is 1. The molecule has 0 unspecified atom stereocenters. The Morgan fingerprint density at radius 1 is 1.36 bits per heavy atom. The summed E-state index contributed by atoms with van der Waals surface area (Å²) in [4.78, 5) is 14.2. The number of rotatable bonds is 6. The van der Waals surface area contributed by atoms with Crippen LogP contribution in [0.1, 0.15) is 23.2 Å². The highest BCUT2D eigenvalue weighted by molar-refractivity contribution is 6.33. The third kappa shape index (κ3) is 4.66. The highest BCUT2D eigenvalue weighted by Gasteiger charge is 2.25. The summed E-state index contributed by atoms with van der Waals surface area (Å²) in [6.45, 7) is 3.24. The average molecular weight is 330 g/mol. The molecule has 1 fully saturated rings. The van der Waals surface area contributed by atoms with Crippen molar-refractivity contribution in [1.82, 2.24) is 4.90 Å². The Hall–Kier alpha value is -1.17. The maximum absolute atomic E-state index is 13.0. The van der Waals surface area contributed by atoms with Crippen LogP contribution in [-0.2, 0) is 9.47 Å². The molecule has 1 aromatic carbocycles. The molecule has 1 amide bonds. The van der Waals surface area contributed by atoms with E-state index in [1.165, 1.54) is 18.2 Å². The Balaban J connectivity index is 1.82. The summed E-state index contributed by atoms with van der Waals surface area (Å²) in [5, 5.41) is 0.162. The van der Waals surface area contributed by atoms with Crippen LogP contribution >= 0.6 is 11.6 Å². The average Bonchev–Trinajstić information content (AvgIpc) is 2.52. The molecule has 0 aromatic heterocycles. The molecular weight excluding hydrogens is 309 g/mol. The number of piperidine rings is 1. The molecule has 0 N–H and O–H groups in total. The summed E-state index contributed by atoms with van der Waals surface area (Å²) in [6, 6.07) is 3.88. The molecule has 0 saturated carbocycles. The molecule has 22 heavy (non-hydrogen) atoms. The zero-order valence-electron chi connectivity index (χ0n) is 12.7. The van der Waals surface area contributed by atoms with Gasteiger partial charge in [-0.2, -0.15) is 0 Å². The SMILES string of the molecule is COCCOCC1CCN(C(=O)c2ccc(F)cc2Cl)CC1. The van der Waals surface area contributed by atoms with Crippen molar-refractivity contribution >= 4 is 17.5 Å². The summed E-state index contributed by atoms with van der Waals surface area (Å²) in [5.41, 5.74) is 0.359. The Kier molecular flexibility index (Phi) is 6.61. The lowest BCUT2D eigenvalue weighted by Gasteiger charge is -2.32. The molecule has 1 aliphatic rings. The van der Waals surface area contributed by atoms with Crippen molar-refractivity contribution in [2.75, 3.05) is 40.0 Å². The monoisotopic (exact) mass is 329 g/mol. The van der Waals surface area contributed by atoms with Crippen molar-refractivity contribution in [2.45, 2.75) is 12.8 Å². The Bertz CT molecular complexity index is 504. The van der Waals surface area contributed by atoms with Crippen molar-refractivity contribution in [2.24, 2.45) is 5.92 Å². The fraction of sp³-hybridized carbons (Fsp3) is 0.562. The number of ether oxygens (including phenoxy) is 2. The second-order valence-corrected chi connectivity index (χ2v) is 5.83. The highest BCUT2D eigenvalue weighted by atomic mass is 35.5. The van der Waals surface area contributed by atoms with Crippen LogP contribution in [0.25, 0.3) is 0 Å². The number of likely N-dealkylation sites (tertiary alicyclic amines) is 1. The molecule has 4 nitrogen and oxygen atoms in total. The van der Waals surface area contributed by atoms with Gasteiger partial charge < -0.3 is 14.4 Å². The molecule has 0 radical (unpaired) electrons. The fourth-order valence-electron chi connectivity index (χ4n) is 2.53. The zero-order valence-corrected chi connectivity index (χ0v) is 13.4. The van der Waals surface area contributed by atoms with Gasteiger partial charge in [-0.05, 0) is 37.0 Å². The van der Waals surface area contributed by atoms with Gasteiger partial charge in [-0.1, -0.05) is 11.6 Å². The number of amides is 1. The molecule has 1 saturated heterocycles. The van der Waals surface area contributed by atoms with Gasteiger partial charge in [-0.3, -0.25) is 4.79 Å². The topological polar surface area (TPSA) is 38.8 Å². The van der Waals surface area contributed by atoms with E-state index >= 15 is 0 Å². The van der Waals surface area contributed by atoms with E-state index in [-0.39, 0.29) is 10.9 Å². The number of halogens is 2. The molecule has 0 atom stereocenters. The van der Waals surface area contributed by atoms with Gasteiger partial charge >= 0.3 is 0 Å². The van der Waals surface area contributed by atoms with Crippen molar-refractivity contribution < 1.29 is 18.7 Å². The summed E-state index contributed by atoms with van der Waals surface area (Å²) in [6.07, 6.45) is 1.80. The second-order valence-electron chi connectivity index (χ2n) is 5.43. The smallest absolute Gasteiger partial charge is 0.255 e. The summed E-state index contributed by atoms with van der Waals surface area (Å²) in [7, 11) is 1.65. The van der Waals surface area contributed by atoms with E-state index < -0.39 is 5.82 Å². The van der Waals surface area contributed by atoms with Crippen LogP contribution in [0.15, 0.2) is 18.2 Å². The molecule has 1 heterocycles. The Morgan fingerprint density at radius 2 is 2.09 bits per heavy atom. The third-order valence-corrected chi connectivity index (χ3v) is 4.16. The van der Waals surface area contributed by atoms with E-state index in [9.17, 15) is 9.18 Å². The Labute approximate surface area is 135 Å². The van der Waals surface area contributed by atoms with Crippen LogP contribution in [0, 0.1) is 11.7 Å². The number of hydrogen-bond acceptors (Lipinski definition) is 3. The van der Waals surface area contributed by atoms with Crippen LogP contribution in [0.2, 0.25) is 5.02 Å². The lowest BCUT2D eigenvalue weighted by Crippen LogP contribution is -2.39. The van der Waals surface area contributed by atoms with Gasteiger partial charge in [0.15, 0.2) is 0 Å². The van der Waals surface area contributed by atoms with Crippen LogP contribution in [-0.4, -0.2) is 50.8 Å². The molecule has 0 bridgehead atoms.